The molecule has 0 saturated heterocycles. The van der Waals surface area contributed by atoms with Crippen molar-refractivity contribution in [2.75, 3.05) is 18.5 Å². The Morgan fingerprint density at radius 1 is 1.25 bits per heavy atom. The highest BCUT2D eigenvalue weighted by Crippen LogP contribution is 2.34. The number of nitrogens with zero attached hydrogens (tertiary/aromatic N) is 1. The van der Waals surface area contributed by atoms with Crippen molar-refractivity contribution in [2.45, 2.75) is 40.5 Å². The van der Waals surface area contributed by atoms with Crippen molar-refractivity contribution in [2.24, 2.45) is 5.92 Å². The molecule has 2 rings (SSSR count). The third-order valence-electron chi connectivity index (χ3n) is 4.25. The molecule has 1 heterocycles. The molecule has 6 nitrogen and oxygen atoms in total. The van der Waals surface area contributed by atoms with E-state index < -0.39 is 11.9 Å². The van der Waals surface area contributed by atoms with Gasteiger partial charge in [-0.15, -0.1) is 11.3 Å². The van der Waals surface area contributed by atoms with Crippen LogP contribution in [-0.2, 0) is 9.53 Å². The molecule has 2 aromatic rings. The van der Waals surface area contributed by atoms with E-state index in [2.05, 4.69) is 5.32 Å². The number of nitriles is 1. The molecule has 0 aliphatic heterocycles. The Balaban J connectivity index is 2.37. The molecule has 32 heavy (non-hydrogen) atoms. The number of nitrogens with one attached hydrogen (secondary N) is 1. The van der Waals surface area contributed by atoms with E-state index in [0.29, 0.717) is 33.9 Å². The molecule has 1 aromatic carbocycles. The number of thiophene rings is 1. The fourth-order valence-corrected chi connectivity index (χ4v) is 3.87. The lowest BCUT2D eigenvalue weighted by molar-refractivity contribution is -0.112. The molecule has 0 fully saturated rings. The molecule has 0 bridgehead atoms. The Labute approximate surface area is 197 Å². The standard InChI is InChI=1S/C24H27ClN2O4S/c1-6-30-24(29)19-11-21(15(4)5)32-23(19)27-22(28)17(12-26)9-16-10-18(25)7-8-20(16)31-13-14(2)3/h7-11,14-15H,6,13H2,1-5H3,(H,27,28)/b17-9+. The predicted octanol–water partition coefficient (Wildman–Crippen LogP) is 6.28. The van der Waals surface area contributed by atoms with Gasteiger partial charge in [0.2, 0.25) is 0 Å². The van der Waals surface area contributed by atoms with E-state index in [1.807, 2.05) is 33.8 Å². The summed E-state index contributed by atoms with van der Waals surface area (Å²) in [5.41, 5.74) is 0.649. The highest BCUT2D eigenvalue weighted by molar-refractivity contribution is 7.16. The molecule has 8 heteroatoms. The maximum Gasteiger partial charge on any atom is 0.341 e. The van der Waals surface area contributed by atoms with Gasteiger partial charge in [0.05, 0.1) is 18.8 Å². The Morgan fingerprint density at radius 2 is 1.97 bits per heavy atom. The van der Waals surface area contributed by atoms with E-state index in [1.165, 1.54) is 17.4 Å². The summed E-state index contributed by atoms with van der Waals surface area (Å²) in [5, 5.41) is 13.1. The number of carbonyl (C=O) groups excluding carboxylic acids is 2. The molecule has 0 spiro atoms. The van der Waals surface area contributed by atoms with Crippen molar-refractivity contribution >= 4 is 45.9 Å². The Kier molecular flexibility index (Phi) is 9.30. The normalized spacial score (nSPS) is 11.4. The molecule has 1 aromatic heterocycles. The summed E-state index contributed by atoms with van der Waals surface area (Å²) < 4.78 is 10.9. The number of benzene rings is 1. The number of esters is 1. The summed E-state index contributed by atoms with van der Waals surface area (Å²) in [4.78, 5) is 26.2. The zero-order chi connectivity index (χ0) is 23.8. The Hall–Kier alpha value is -2.82. The first-order valence-electron chi connectivity index (χ1n) is 10.3. The van der Waals surface area contributed by atoms with E-state index in [1.54, 1.807) is 31.2 Å². The van der Waals surface area contributed by atoms with Crippen molar-refractivity contribution in [3.05, 3.63) is 50.9 Å². The monoisotopic (exact) mass is 474 g/mol. The third-order valence-corrected chi connectivity index (χ3v) is 5.84. The first-order valence-corrected chi connectivity index (χ1v) is 11.5. The Bertz CT molecular complexity index is 1050. The van der Waals surface area contributed by atoms with Crippen LogP contribution in [-0.4, -0.2) is 25.1 Å². The maximum absolute atomic E-state index is 12.9. The second-order valence-corrected chi connectivity index (χ2v) is 9.30. The van der Waals surface area contributed by atoms with Crippen molar-refractivity contribution < 1.29 is 19.1 Å². The lowest BCUT2D eigenvalue weighted by atomic mass is 10.1. The van der Waals surface area contributed by atoms with Gasteiger partial charge < -0.3 is 14.8 Å². The second kappa shape index (κ2) is 11.7. The molecule has 0 atom stereocenters. The second-order valence-electron chi connectivity index (χ2n) is 7.78. The van der Waals surface area contributed by atoms with Crippen molar-refractivity contribution in [1.82, 2.24) is 0 Å². The predicted molar refractivity (Wildman–Crippen MR) is 128 cm³/mol. The molecule has 0 radical (unpaired) electrons. The van der Waals surface area contributed by atoms with Crippen LogP contribution in [0.2, 0.25) is 5.02 Å². The van der Waals surface area contributed by atoms with Crippen LogP contribution in [0.5, 0.6) is 5.75 Å². The minimum atomic E-state index is -0.634. The van der Waals surface area contributed by atoms with Gasteiger partial charge in [0.1, 0.15) is 22.4 Å². The number of rotatable bonds is 9. The number of carbonyl (C=O) groups is 2. The topological polar surface area (TPSA) is 88.4 Å². The summed E-state index contributed by atoms with van der Waals surface area (Å²) in [7, 11) is 0. The fraction of sp³-hybridized carbons (Fsp3) is 0.375. The zero-order valence-electron chi connectivity index (χ0n) is 18.8. The van der Waals surface area contributed by atoms with Gasteiger partial charge in [-0.3, -0.25) is 4.79 Å². The molecule has 0 unspecified atom stereocenters. The van der Waals surface area contributed by atoms with Crippen LogP contribution < -0.4 is 10.1 Å². The number of ether oxygens (including phenoxy) is 2. The molecule has 0 aliphatic rings. The SMILES string of the molecule is CCOC(=O)c1cc(C(C)C)sc1NC(=O)/C(C#N)=C/c1cc(Cl)ccc1OCC(C)C. The average molecular weight is 475 g/mol. The summed E-state index contributed by atoms with van der Waals surface area (Å²) in [5.74, 6) is -0.167. The van der Waals surface area contributed by atoms with Crippen LogP contribution in [0.3, 0.4) is 0 Å². The smallest absolute Gasteiger partial charge is 0.341 e. The third kappa shape index (κ3) is 6.84. The number of hydrogen-bond donors (Lipinski definition) is 1. The number of anilines is 1. The van der Waals surface area contributed by atoms with E-state index in [4.69, 9.17) is 21.1 Å². The highest BCUT2D eigenvalue weighted by Gasteiger charge is 2.22. The van der Waals surface area contributed by atoms with Crippen LogP contribution in [0.25, 0.3) is 6.08 Å². The quantitative estimate of drug-likeness (QED) is 0.262. The van der Waals surface area contributed by atoms with E-state index >= 15 is 0 Å². The molecule has 1 amide bonds. The molecule has 1 N–H and O–H groups in total. The van der Waals surface area contributed by atoms with E-state index in [0.717, 1.165) is 4.88 Å². The van der Waals surface area contributed by atoms with Crippen molar-refractivity contribution in [3.8, 4) is 11.8 Å². The van der Waals surface area contributed by atoms with E-state index in [-0.39, 0.29) is 23.7 Å². The van der Waals surface area contributed by atoms with Gasteiger partial charge in [0.25, 0.3) is 5.91 Å². The molecule has 0 saturated carbocycles. The number of amides is 1. The first kappa shape index (κ1) is 25.4. The number of halogens is 1. The van der Waals surface area contributed by atoms with Crippen molar-refractivity contribution in [1.29, 1.82) is 5.26 Å². The average Bonchev–Trinajstić information content (AvgIpc) is 3.15. The zero-order valence-corrected chi connectivity index (χ0v) is 20.4. The van der Waals surface area contributed by atoms with Crippen LogP contribution in [0.1, 0.15) is 61.3 Å². The van der Waals surface area contributed by atoms with Gasteiger partial charge in [-0.25, -0.2) is 4.79 Å². The van der Waals surface area contributed by atoms with Gasteiger partial charge in [-0.2, -0.15) is 5.26 Å². The van der Waals surface area contributed by atoms with Crippen LogP contribution >= 0.6 is 22.9 Å². The van der Waals surface area contributed by atoms with Gasteiger partial charge in [0, 0.05) is 15.5 Å². The van der Waals surface area contributed by atoms with Gasteiger partial charge >= 0.3 is 5.97 Å². The number of hydrogen-bond acceptors (Lipinski definition) is 6. The lowest BCUT2D eigenvalue weighted by Crippen LogP contribution is -2.15. The van der Waals surface area contributed by atoms with Crippen LogP contribution in [0.15, 0.2) is 29.8 Å². The minimum Gasteiger partial charge on any atom is -0.493 e. The maximum atomic E-state index is 12.9. The first-order chi connectivity index (χ1) is 15.2. The summed E-state index contributed by atoms with van der Waals surface area (Å²) in [6, 6.07) is 8.66. The van der Waals surface area contributed by atoms with Gasteiger partial charge in [0.15, 0.2) is 0 Å². The molecular formula is C24H27ClN2O4S. The largest absolute Gasteiger partial charge is 0.493 e. The molecule has 0 aliphatic carbocycles. The summed E-state index contributed by atoms with van der Waals surface area (Å²) >= 11 is 7.40. The van der Waals surface area contributed by atoms with Gasteiger partial charge in [-0.1, -0.05) is 39.3 Å². The molecular weight excluding hydrogens is 448 g/mol. The highest BCUT2D eigenvalue weighted by atomic mass is 35.5. The molecule has 170 valence electrons. The van der Waals surface area contributed by atoms with Crippen LogP contribution in [0.4, 0.5) is 5.00 Å². The summed E-state index contributed by atoms with van der Waals surface area (Å²) in [6.07, 6.45) is 1.43. The van der Waals surface area contributed by atoms with Gasteiger partial charge in [-0.05, 0) is 49.1 Å². The lowest BCUT2D eigenvalue weighted by Gasteiger charge is -2.12. The summed E-state index contributed by atoms with van der Waals surface area (Å²) in [6.45, 7) is 10.4. The van der Waals surface area contributed by atoms with Crippen LogP contribution in [0, 0.1) is 17.2 Å². The minimum absolute atomic E-state index is 0.143. The fourth-order valence-electron chi connectivity index (χ4n) is 2.64. The Morgan fingerprint density at radius 3 is 2.56 bits per heavy atom. The van der Waals surface area contributed by atoms with Crippen molar-refractivity contribution in [3.63, 3.8) is 0 Å². The van der Waals surface area contributed by atoms with E-state index in [9.17, 15) is 14.9 Å².